The molecule has 1 N–H and O–H groups in total. The minimum absolute atomic E-state index is 0.314. The van der Waals surface area contributed by atoms with Crippen LogP contribution in [0.2, 0.25) is 0 Å². The molecule has 2 aromatic carbocycles. The summed E-state index contributed by atoms with van der Waals surface area (Å²) in [4.78, 5) is 4.86. The van der Waals surface area contributed by atoms with Crippen LogP contribution in [0.15, 0.2) is 58.8 Å². The fourth-order valence-electron chi connectivity index (χ4n) is 2.10. The summed E-state index contributed by atoms with van der Waals surface area (Å²) in [7, 11) is -3.17. The fourth-order valence-corrected chi connectivity index (χ4v) is 3.47. The van der Waals surface area contributed by atoms with Crippen LogP contribution < -0.4 is 5.32 Å². The van der Waals surface area contributed by atoms with Crippen LogP contribution in [-0.4, -0.2) is 19.7 Å². The van der Waals surface area contributed by atoms with E-state index in [0.29, 0.717) is 4.90 Å². The van der Waals surface area contributed by atoms with Gasteiger partial charge in [0.25, 0.3) is 0 Å². The van der Waals surface area contributed by atoms with Crippen molar-refractivity contribution >= 4 is 32.0 Å². The van der Waals surface area contributed by atoms with Gasteiger partial charge in [0.15, 0.2) is 15.0 Å². The van der Waals surface area contributed by atoms with Crippen LogP contribution in [0.4, 0.5) is 10.8 Å². The molecule has 0 unspecified atom stereocenters. The Morgan fingerprint density at radius 2 is 1.65 bits per heavy atom. The van der Waals surface area contributed by atoms with Crippen LogP contribution >= 0.6 is 11.3 Å². The van der Waals surface area contributed by atoms with Gasteiger partial charge in [-0.05, 0) is 31.2 Å². The van der Waals surface area contributed by atoms with Gasteiger partial charge < -0.3 is 5.32 Å². The van der Waals surface area contributed by atoms with Gasteiger partial charge in [-0.1, -0.05) is 29.8 Å². The summed E-state index contributed by atoms with van der Waals surface area (Å²) >= 11 is 1.51. The Morgan fingerprint density at radius 3 is 2.26 bits per heavy atom. The third-order valence-corrected chi connectivity index (χ3v) is 5.27. The Balaban J connectivity index is 1.80. The van der Waals surface area contributed by atoms with E-state index in [-0.39, 0.29) is 0 Å². The monoisotopic (exact) mass is 344 g/mol. The number of benzene rings is 2. The van der Waals surface area contributed by atoms with Gasteiger partial charge in [-0.3, -0.25) is 0 Å². The lowest BCUT2D eigenvalue weighted by Crippen LogP contribution is -1.96. The normalized spacial score (nSPS) is 11.4. The maximum absolute atomic E-state index is 11.5. The van der Waals surface area contributed by atoms with Crippen molar-refractivity contribution in [1.82, 2.24) is 4.98 Å². The highest BCUT2D eigenvalue weighted by molar-refractivity contribution is 7.90. The van der Waals surface area contributed by atoms with Crippen molar-refractivity contribution in [2.75, 3.05) is 11.6 Å². The first-order valence-electron chi connectivity index (χ1n) is 7.01. The summed E-state index contributed by atoms with van der Waals surface area (Å²) in [6.07, 6.45) is 1.20. The number of hydrogen-bond acceptors (Lipinski definition) is 5. The maximum Gasteiger partial charge on any atom is 0.187 e. The Hall–Kier alpha value is -2.18. The molecule has 23 heavy (non-hydrogen) atoms. The van der Waals surface area contributed by atoms with E-state index in [1.807, 2.05) is 36.6 Å². The third-order valence-electron chi connectivity index (χ3n) is 3.39. The molecule has 1 heterocycles. The number of rotatable bonds is 4. The molecule has 0 saturated heterocycles. The molecule has 4 nitrogen and oxygen atoms in total. The van der Waals surface area contributed by atoms with Gasteiger partial charge in [0.2, 0.25) is 0 Å². The van der Waals surface area contributed by atoms with Gasteiger partial charge in [0.05, 0.1) is 10.6 Å². The average molecular weight is 344 g/mol. The molecule has 3 aromatic rings. The summed E-state index contributed by atoms with van der Waals surface area (Å²) in [5, 5.41) is 6.02. The standard InChI is InChI=1S/C17H16N2O2S2/c1-12-3-7-14(8-4-12)18-17-19-16(11-22-17)13-5-9-15(10-6-13)23(2,20)21/h3-11H,1-2H3,(H,18,19). The van der Waals surface area contributed by atoms with Gasteiger partial charge in [0, 0.05) is 22.9 Å². The molecule has 0 aliphatic carbocycles. The molecule has 0 radical (unpaired) electrons. The smallest absolute Gasteiger partial charge is 0.187 e. The predicted octanol–water partition coefficient (Wildman–Crippen LogP) is 4.27. The minimum Gasteiger partial charge on any atom is -0.332 e. The fraction of sp³-hybridized carbons (Fsp3) is 0.118. The van der Waals surface area contributed by atoms with Crippen LogP contribution in [0.25, 0.3) is 11.3 Å². The lowest BCUT2D eigenvalue weighted by Gasteiger charge is -2.03. The molecule has 1 aromatic heterocycles. The molecule has 0 bridgehead atoms. The zero-order chi connectivity index (χ0) is 16.4. The van der Waals surface area contributed by atoms with E-state index >= 15 is 0 Å². The number of anilines is 2. The van der Waals surface area contributed by atoms with Crippen molar-refractivity contribution in [1.29, 1.82) is 0 Å². The molecule has 6 heteroatoms. The van der Waals surface area contributed by atoms with Crippen LogP contribution in [-0.2, 0) is 9.84 Å². The van der Waals surface area contributed by atoms with Gasteiger partial charge in [-0.15, -0.1) is 11.3 Å². The summed E-state index contributed by atoms with van der Waals surface area (Å²) in [5.41, 5.74) is 3.92. The van der Waals surface area contributed by atoms with E-state index in [2.05, 4.69) is 10.3 Å². The van der Waals surface area contributed by atoms with Crippen LogP contribution in [0.1, 0.15) is 5.56 Å². The zero-order valence-corrected chi connectivity index (χ0v) is 14.4. The quantitative estimate of drug-likeness (QED) is 0.768. The molecule has 0 spiro atoms. The molecule has 118 valence electrons. The number of nitrogens with one attached hydrogen (secondary N) is 1. The van der Waals surface area contributed by atoms with E-state index in [1.165, 1.54) is 23.2 Å². The van der Waals surface area contributed by atoms with E-state index in [4.69, 9.17) is 0 Å². The second-order valence-electron chi connectivity index (χ2n) is 5.33. The number of sulfone groups is 1. The highest BCUT2D eigenvalue weighted by atomic mass is 32.2. The van der Waals surface area contributed by atoms with Gasteiger partial charge in [-0.25, -0.2) is 13.4 Å². The van der Waals surface area contributed by atoms with Crippen molar-refractivity contribution in [3.05, 3.63) is 59.5 Å². The number of nitrogens with zero attached hydrogens (tertiary/aromatic N) is 1. The van der Waals surface area contributed by atoms with Crippen LogP contribution in [0.5, 0.6) is 0 Å². The Kier molecular flexibility index (Phi) is 4.19. The third kappa shape index (κ3) is 3.78. The molecule has 0 atom stereocenters. The van der Waals surface area contributed by atoms with Crippen molar-refractivity contribution in [2.24, 2.45) is 0 Å². The number of hydrogen-bond donors (Lipinski definition) is 1. The predicted molar refractivity (Wildman–Crippen MR) is 95.1 cm³/mol. The number of aryl methyl sites for hydroxylation is 1. The van der Waals surface area contributed by atoms with Crippen molar-refractivity contribution < 1.29 is 8.42 Å². The second kappa shape index (κ2) is 6.14. The van der Waals surface area contributed by atoms with E-state index in [1.54, 1.807) is 24.3 Å². The largest absolute Gasteiger partial charge is 0.332 e. The van der Waals surface area contributed by atoms with E-state index < -0.39 is 9.84 Å². The lowest BCUT2D eigenvalue weighted by molar-refractivity contribution is 0.602. The molecular formula is C17H16N2O2S2. The molecule has 0 aliphatic heterocycles. The molecule has 0 aliphatic rings. The summed E-state index contributed by atoms with van der Waals surface area (Å²) in [6, 6.07) is 14.9. The Labute approximate surface area is 139 Å². The molecule has 0 amide bonds. The Bertz CT molecular complexity index is 912. The minimum atomic E-state index is -3.17. The zero-order valence-electron chi connectivity index (χ0n) is 12.8. The SMILES string of the molecule is Cc1ccc(Nc2nc(-c3ccc(S(C)(=O)=O)cc3)cs2)cc1. The first kappa shape index (κ1) is 15.7. The van der Waals surface area contributed by atoms with Crippen molar-refractivity contribution in [2.45, 2.75) is 11.8 Å². The first-order valence-corrected chi connectivity index (χ1v) is 9.79. The number of aromatic nitrogens is 1. The highest BCUT2D eigenvalue weighted by Gasteiger charge is 2.09. The van der Waals surface area contributed by atoms with E-state index in [0.717, 1.165) is 22.1 Å². The average Bonchev–Trinajstić information content (AvgIpc) is 2.97. The highest BCUT2D eigenvalue weighted by Crippen LogP contribution is 2.27. The number of thiazole rings is 1. The van der Waals surface area contributed by atoms with Gasteiger partial charge in [-0.2, -0.15) is 0 Å². The summed E-state index contributed by atoms with van der Waals surface area (Å²) in [6.45, 7) is 2.05. The van der Waals surface area contributed by atoms with Gasteiger partial charge >= 0.3 is 0 Å². The lowest BCUT2D eigenvalue weighted by atomic mass is 10.2. The molecular weight excluding hydrogens is 328 g/mol. The maximum atomic E-state index is 11.5. The summed E-state index contributed by atoms with van der Waals surface area (Å²) < 4.78 is 23.0. The Morgan fingerprint density at radius 1 is 1.00 bits per heavy atom. The topological polar surface area (TPSA) is 59.1 Å². The van der Waals surface area contributed by atoms with Crippen LogP contribution in [0, 0.1) is 6.92 Å². The molecule has 0 saturated carbocycles. The summed E-state index contributed by atoms with van der Waals surface area (Å²) in [5.74, 6) is 0. The van der Waals surface area contributed by atoms with Crippen LogP contribution in [0.3, 0.4) is 0 Å². The first-order chi connectivity index (χ1) is 10.9. The second-order valence-corrected chi connectivity index (χ2v) is 8.20. The molecule has 3 rings (SSSR count). The van der Waals surface area contributed by atoms with Crippen molar-refractivity contribution in [3.8, 4) is 11.3 Å². The van der Waals surface area contributed by atoms with E-state index in [9.17, 15) is 8.42 Å². The molecule has 0 fully saturated rings. The van der Waals surface area contributed by atoms with Gasteiger partial charge in [0.1, 0.15) is 0 Å². The van der Waals surface area contributed by atoms with Crippen molar-refractivity contribution in [3.63, 3.8) is 0 Å².